The third-order valence-corrected chi connectivity index (χ3v) is 5.54. The maximum absolute atomic E-state index is 9.93. The molecule has 0 radical (unpaired) electrons. The highest BCUT2D eigenvalue weighted by molar-refractivity contribution is 5.67. The Morgan fingerprint density at radius 3 is 2.52 bits per heavy atom. The SMILES string of the molecule is CC(C)c1cnn2c(NCc3cnccc3-c3ccccc3)nc(N[C@@H](CO)[C@H](C)O)nc12. The van der Waals surface area contributed by atoms with E-state index in [9.17, 15) is 10.2 Å². The molecule has 0 saturated carbocycles. The van der Waals surface area contributed by atoms with Crippen molar-refractivity contribution in [3.8, 4) is 11.1 Å². The van der Waals surface area contributed by atoms with Gasteiger partial charge in [0.25, 0.3) is 0 Å². The second-order valence-corrected chi connectivity index (χ2v) is 8.29. The van der Waals surface area contributed by atoms with Crippen LogP contribution in [0.5, 0.6) is 0 Å². The summed E-state index contributed by atoms with van der Waals surface area (Å²) in [6, 6.07) is 11.5. The van der Waals surface area contributed by atoms with Gasteiger partial charge in [-0.3, -0.25) is 4.98 Å². The second-order valence-electron chi connectivity index (χ2n) is 8.29. The Labute approximate surface area is 192 Å². The zero-order chi connectivity index (χ0) is 23.4. The molecule has 0 bridgehead atoms. The van der Waals surface area contributed by atoms with E-state index in [4.69, 9.17) is 0 Å². The number of hydrogen-bond donors (Lipinski definition) is 4. The molecule has 0 aliphatic rings. The summed E-state index contributed by atoms with van der Waals surface area (Å²) in [7, 11) is 0. The van der Waals surface area contributed by atoms with E-state index in [-0.39, 0.29) is 12.5 Å². The van der Waals surface area contributed by atoms with Crippen molar-refractivity contribution in [3.05, 3.63) is 66.1 Å². The molecule has 4 aromatic rings. The Balaban J connectivity index is 1.69. The number of nitrogens with one attached hydrogen (secondary N) is 2. The summed E-state index contributed by atoms with van der Waals surface area (Å²) in [4.78, 5) is 13.5. The third-order valence-electron chi connectivity index (χ3n) is 5.54. The summed E-state index contributed by atoms with van der Waals surface area (Å²) >= 11 is 0. The maximum Gasteiger partial charge on any atom is 0.229 e. The lowest BCUT2D eigenvalue weighted by Gasteiger charge is -2.20. The largest absolute Gasteiger partial charge is 0.394 e. The van der Waals surface area contributed by atoms with Crippen LogP contribution in [0, 0.1) is 0 Å². The Morgan fingerprint density at radius 2 is 1.82 bits per heavy atom. The molecule has 0 unspecified atom stereocenters. The molecule has 0 saturated heterocycles. The van der Waals surface area contributed by atoms with Crippen molar-refractivity contribution < 1.29 is 10.2 Å². The summed E-state index contributed by atoms with van der Waals surface area (Å²) in [5, 5.41) is 30.5. The van der Waals surface area contributed by atoms with Crippen molar-refractivity contribution in [3.63, 3.8) is 0 Å². The Kier molecular flexibility index (Phi) is 6.81. The number of fused-ring (bicyclic) bond motifs is 1. The molecule has 4 rings (SSSR count). The summed E-state index contributed by atoms with van der Waals surface area (Å²) in [5.74, 6) is 1.02. The van der Waals surface area contributed by atoms with Crippen LogP contribution >= 0.6 is 0 Å². The zero-order valence-electron chi connectivity index (χ0n) is 19.0. The number of aliphatic hydroxyl groups excluding tert-OH is 2. The topological polar surface area (TPSA) is 120 Å². The second kappa shape index (κ2) is 9.93. The minimum absolute atomic E-state index is 0.214. The highest BCUT2D eigenvalue weighted by Crippen LogP contribution is 2.25. The number of aliphatic hydroxyl groups is 2. The number of nitrogens with zero attached hydrogens (tertiary/aromatic N) is 5. The van der Waals surface area contributed by atoms with Crippen LogP contribution in [0.15, 0.2) is 55.0 Å². The minimum Gasteiger partial charge on any atom is -0.394 e. The normalized spacial score (nSPS) is 13.3. The number of pyridine rings is 1. The molecular weight excluding hydrogens is 418 g/mol. The summed E-state index contributed by atoms with van der Waals surface area (Å²) < 4.78 is 1.68. The van der Waals surface area contributed by atoms with E-state index in [0.717, 1.165) is 22.3 Å². The molecule has 0 aliphatic carbocycles. The number of hydrogen-bond acceptors (Lipinski definition) is 8. The summed E-state index contributed by atoms with van der Waals surface area (Å²) in [5.41, 5.74) is 4.85. The van der Waals surface area contributed by atoms with Gasteiger partial charge in [0.15, 0.2) is 5.65 Å². The number of rotatable bonds is 9. The van der Waals surface area contributed by atoms with E-state index in [1.807, 2.05) is 30.5 Å². The molecule has 0 amide bonds. The number of anilines is 2. The average molecular weight is 448 g/mol. The van der Waals surface area contributed by atoms with Gasteiger partial charge in [-0.2, -0.15) is 19.6 Å². The first kappa shape index (κ1) is 22.6. The number of benzene rings is 1. The molecule has 9 nitrogen and oxygen atoms in total. The maximum atomic E-state index is 9.93. The lowest BCUT2D eigenvalue weighted by molar-refractivity contribution is 0.132. The van der Waals surface area contributed by atoms with Crippen molar-refractivity contribution in [1.82, 2.24) is 24.6 Å². The van der Waals surface area contributed by atoms with Crippen molar-refractivity contribution in [2.24, 2.45) is 0 Å². The highest BCUT2D eigenvalue weighted by atomic mass is 16.3. The van der Waals surface area contributed by atoms with Crippen LogP contribution in [0.25, 0.3) is 16.8 Å². The summed E-state index contributed by atoms with van der Waals surface area (Å²) in [6.45, 7) is 5.99. The van der Waals surface area contributed by atoms with Gasteiger partial charge in [-0.05, 0) is 35.6 Å². The number of aromatic nitrogens is 5. The minimum atomic E-state index is -0.774. The third kappa shape index (κ3) is 4.94. The van der Waals surface area contributed by atoms with Gasteiger partial charge in [-0.15, -0.1) is 0 Å². The van der Waals surface area contributed by atoms with E-state index < -0.39 is 12.1 Å². The Morgan fingerprint density at radius 1 is 1.03 bits per heavy atom. The first-order valence-corrected chi connectivity index (χ1v) is 11.0. The van der Waals surface area contributed by atoms with E-state index >= 15 is 0 Å². The van der Waals surface area contributed by atoms with Crippen LogP contribution in [-0.2, 0) is 6.54 Å². The molecule has 3 heterocycles. The van der Waals surface area contributed by atoms with Crippen LogP contribution in [-0.4, -0.2) is 53.5 Å². The molecule has 172 valence electrons. The molecule has 9 heteroatoms. The fourth-order valence-corrected chi connectivity index (χ4v) is 3.61. The molecule has 1 aromatic carbocycles. The van der Waals surface area contributed by atoms with Gasteiger partial charge in [-0.25, -0.2) is 0 Å². The van der Waals surface area contributed by atoms with Crippen molar-refractivity contribution in [1.29, 1.82) is 0 Å². The van der Waals surface area contributed by atoms with Gasteiger partial charge < -0.3 is 20.8 Å². The van der Waals surface area contributed by atoms with Gasteiger partial charge >= 0.3 is 0 Å². The smallest absolute Gasteiger partial charge is 0.229 e. The monoisotopic (exact) mass is 447 g/mol. The molecular formula is C24H29N7O2. The van der Waals surface area contributed by atoms with Crippen molar-refractivity contribution >= 4 is 17.5 Å². The molecule has 0 aliphatic heterocycles. The fraction of sp³-hybridized carbons (Fsp3) is 0.333. The molecule has 0 fully saturated rings. The first-order valence-electron chi connectivity index (χ1n) is 11.0. The fourth-order valence-electron chi connectivity index (χ4n) is 3.61. The van der Waals surface area contributed by atoms with Crippen LogP contribution in [0.2, 0.25) is 0 Å². The van der Waals surface area contributed by atoms with Crippen molar-refractivity contribution in [2.75, 3.05) is 17.2 Å². The van der Waals surface area contributed by atoms with Gasteiger partial charge in [-0.1, -0.05) is 44.2 Å². The Bertz CT molecular complexity index is 1210. The predicted molar refractivity (Wildman–Crippen MR) is 128 cm³/mol. The standard InChI is InChI=1S/C24H29N7O2/c1-15(2)20-13-27-31-22(20)29-23(28-21(14-32)16(3)33)30-24(31)26-12-18-11-25-10-9-19(18)17-7-5-4-6-8-17/h4-11,13,15-16,21,32-33H,12,14H2,1-3H3,(H2,26,28,29,30)/t16-,21-/m0/s1. The summed E-state index contributed by atoms with van der Waals surface area (Å²) in [6.07, 6.45) is 4.64. The van der Waals surface area contributed by atoms with E-state index in [0.29, 0.717) is 24.1 Å². The molecule has 2 atom stereocenters. The predicted octanol–water partition coefficient (Wildman–Crippen LogP) is 3.08. The van der Waals surface area contributed by atoms with Gasteiger partial charge in [0.1, 0.15) is 0 Å². The lowest BCUT2D eigenvalue weighted by Crippen LogP contribution is -2.35. The van der Waals surface area contributed by atoms with Crippen LogP contribution in [0.4, 0.5) is 11.9 Å². The van der Waals surface area contributed by atoms with Crippen LogP contribution in [0.3, 0.4) is 0 Å². The Hall–Kier alpha value is -3.56. The lowest BCUT2D eigenvalue weighted by atomic mass is 10.0. The van der Waals surface area contributed by atoms with Gasteiger partial charge in [0.05, 0.1) is 24.9 Å². The van der Waals surface area contributed by atoms with E-state index in [2.05, 4.69) is 56.7 Å². The van der Waals surface area contributed by atoms with Crippen LogP contribution in [0.1, 0.15) is 37.8 Å². The van der Waals surface area contributed by atoms with Crippen molar-refractivity contribution in [2.45, 2.75) is 45.4 Å². The highest BCUT2D eigenvalue weighted by Gasteiger charge is 2.19. The molecule has 33 heavy (non-hydrogen) atoms. The zero-order valence-corrected chi connectivity index (χ0v) is 19.0. The quantitative estimate of drug-likeness (QED) is 0.309. The molecule has 0 spiro atoms. The van der Waals surface area contributed by atoms with E-state index in [1.165, 1.54) is 0 Å². The van der Waals surface area contributed by atoms with Gasteiger partial charge in [0.2, 0.25) is 11.9 Å². The van der Waals surface area contributed by atoms with Gasteiger partial charge in [0, 0.05) is 24.5 Å². The van der Waals surface area contributed by atoms with E-state index in [1.54, 1.807) is 23.8 Å². The molecule has 4 N–H and O–H groups in total. The average Bonchev–Trinajstić information content (AvgIpc) is 3.26. The first-order chi connectivity index (χ1) is 16.0. The molecule has 3 aromatic heterocycles. The van der Waals surface area contributed by atoms with Crippen LogP contribution < -0.4 is 10.6 Å².